The first-order chi connectivity index (χ1) is 16.5. The highest BCUT2D eigenvalue weighted by Crippen LogP contribution is 2.31. The minimum atomic E-state index is -0.243. The molecule has 0 radical (unpaired) electrons. The molecule has 176 valence electrons. The smallest absolute Gasteiger partial charge is 0.253 e. The second-order valence-electron chi connectivity index (χ2n) is 8.39. The Bertz CT molecular complexity index is 1140. The highest BCUT2D eigenvalue weighted by Gasteiger charge is 2.23. The molecule has 2 atom stereocenters. The van der Waals surface area contributed by atoms with Crippen LogP contribution in [-0.2, 0) is 4.79 Å². The molecule has 1 aliphatic heterocycles. The van der Waals surface area contributed by atoms with Gasteiger partial charge in [-0.25, -0.2) is 0 Å². The van der Waals surface area contributed by atoms with Gasteiger partial charge in [0.05, 0.1) is 23.8 Å². The van der Waals surface area contributed by atoms with Gasteiger partial charge in [0, 0.05) is 6.54 Å². The first kappa shape index (κ1) is 23.3. The zero-order valence-electron chi connectivity index (χ0n) is 19.4. The number of nitrogens with one attached hydrogen (secondary N) is 2. The second-order valence-corrected chi connectivity index (χ2v) is 8.39. The molecule has 0 bridgehead atoms. The topological polar surface area (TPSA) is 79.9 Å². The van der Waals surface area contributed by atoms with Crippen LogP contribution in [0, 0.1) is 0 Å². The fourth-order valence-electron chi connectivity index (χ4n) is 3.89. The number of benzene rings is 3. The van der Waals surface area contributed by atoms with Crippen molar-refractivity contribution in [1.29, 1.82) is 0 Å². The lowest BCUT2D eigenvalue weighted by molar-refractivity contribution is -0.117. The number of rotatable bonds is 8. The molecule has 3 aromatic rings. The number of ether oxygens (including phenoxy) is 2. The predicted octanol–water partition coefficient (Wildman–Crippen LogP) is 3.89. The van der Waals surface area contributed by atoms with Crippen LogP contribution in [0.1, 0.15) is 28.9 Å². The Labute approximate surface area is 199 Å². The van der Waals surface area contributed by atoms with E-state index in [-0.39, 0.29) is 30.5 Å². The Balaban J connectivity index is 1.32. The summed E-state index contributed by atoms with van der Waals surface area (Å²) in [5.74, 6) is 0.986. The van der Waals surface area contributed by atoms with Crippen LogP contribution in [0.2, 0.25) is 0 Å². The van der Waals surface area contributed by atoms with Crippen LogP contribution in [0.15, 0.2) is 78.9 Å². The van der Waals surface area contributed by atoms with Gasteiger partial charge >= 0.3 is 0 Å². The molecule has 0 aliphatic carbocycles. The maximum Gasteiger partial charge on any atom is 0.253 e. The number of carbonyl (C=O) groups is 2. The third kappa shape index (κ3) is 5.94. The van der Waals surface area contributed by atoms with Crippen LogP contribution in [0.3, 0.4) is 0 Å². The van der Waals surface area contributed by atoms with Crippen molar-refractivity contribution in [3.63, 3.8) is 0 Å². The number of hydrogen-bond acceptors (Lipinski definition) is 5. The van der Waals surface area contributed by atoms with E-state index in [0.29, 0.717) is 30.2 Å². The lowest BCUT2D eigenvalue weighted by Gasteiger charge is -2.29. The first-order valence-corrected chi connectivity index (χ1v) is 11.3. The molecule has 3 aromatic carbocycles. The highest BCUT2D eigenvalue weighted by molar-refractivity contribution is 6.04. The molecule has 2 amide bonds. The van der Waals surface area contributed by atoms with Crippen molar-refractivity contribution in [3.8, 4) is 11.5 Å². The number of nitrogens with zero attached hydrogens (tertiary/aromatic N) is 1. The molecule has 7 heteroatoms. The van der Waals surface area contributed by atoms with E-state index in [9.17, 15) is 9.59 Å². The third-order valence-corrected chi connectivity index (χ3v) is 5.59. The summed E-state index contributed by atoms with van der Waals surface area (Å²) in [4.78, 5) is 27.5. The summed E-state index contributed by atoms with van der Waals surface area (Å²) in [6.07, 6.45) is -0.176. The molecule has 7 nitrogen and oxygen atoms in total. The van der Waals surface area contributed by atoms with Crippen molar-refractivity contribution in [2.45, 2.75) is 19.1 Å². The van der Waals surface area contributed by atoms with Crippen LogP contribution in [0.5, 0.6) is 11.5 Å². The Hall–Kier alpha value is -3.84. The van der Waals surface area contributed by atoms with E-state index in [1.54, 1.807) is 24.3 Å². The molecule has 0 aromatic heterocycles. The average molecular weight is 460 g/mol. The summed E-state index contributed by atoms with van der Waals surface area (Å²) in [6, 6.07) is 24.1. The molecule has 0 saturated heterocycles. The van der Waals surface area contributed by atoms with E-state index in [4.69, 9.17) is 9.47 Å². The summed E-state index contributed by atoms with van der Waals surface area (Å²) < 4.78 is 11.7. The van der Waals surface area contributed by atoms with Crippen molar-refractivity contribution >= 4 is 17.5 Å². The zero-order chi connectivity index (χ0) is 23.9. The minimum absolute atomic E-state index is 0.151. The number of para-hydroxylation sites is 3. The quantitative estimate of drug-likeness (QED) is 0.534. The lowest BCUT2D eigenvalue weighted by atomic mass is 10.1. The summed E-state index contributed by atoms with van der Waals surface area (Å²) in [6.45, 7) is 3.03. The van der Waals surface area contributed by atoms with Crippen LogP contribution < -0.4 is 20.1 Å². The van der Waals surface area contributed by atoms with Gasteiger partial charge in [0.15, 0.2) is 11.5 Å². The number of carbonyl (C=O) groups excluding carboxylic acids is 2. The van der Waals surface area contributed by atoms with Gasteiger partial charge in [-0.15, -0.1) is 0 Å². The lowest BCUT2D eigenvalue weighted by Crippen LogP contribution is -2.42. The Morgan fingerprint density at radius 1 is 0.971 bits per heavy atom. The summed E-state index contributed by atoms with van der Waals surface area (Å²) in [5.41, 5.74) is 1.90. The fraction of sp³-hybridized carbons (Fsp3) is 0.259. The minimum Gasteiger partial charge on any atom is -0.486 e. The molecule has 34 heavy (non-hydrogen) atoms. The Morgan fingerprint density at radius 3 is 2.44 bits per heavy atom. The van der Waals surface area contributed by atoms with Crippen LogP contribution in [0.25, 0.3) is 0 Å². The standard InChI is InChI=1S/C27H29N3O4/c1-19(20-10-4-3-5-11-20)28-27(32)22-12-6-7-13-23(22)29-26(31)17-30(2)16-21-18-33-24-14-8-9-15-25(24)34-21/h3-15,19,21H,16-18H2,1-2H3,(H,28,32)(H,29,31). The molecule has 4 rings (SSSR count). The van der Waals surface area contributed by atoms with Gasteiger partial charge in [-0.05, 0) is 43.8 Å². The number of hydrogen-bond donors (Lipinski definition) is 2. The number of anilines is 1. The average Bonchev–Trinajstić information content (AvgIpc) is 2.84. The summed E-state index contributed by atoms with van der Waals surface area (Å²) >= 11 is 0. The van der Waals surface area contributed by atoms with Gasteiger partial charge in [0.25, 0.3) is 5.91 Å². The van der Waals surface area contributed by atoms with E-state index < -0.39 is 0 Å². The van der Waals surface area contributed by atoms with E-state index in [2.05, 4.69) is 10.6 Å². The van der Waals surface area contributed by atoms with Gasteiger partial charge in [0.2, 0.25) is 5.91 Å². The Morgan fingerprint density at radius 2 is 1.65 bits per heavy atom. The largest absolute Gasteiger partial charge is 0.486 e. The van der Waals surface area contributed by atoms with Crippen molar-refractivity contribution in [2.75, 3.05) is 32.1 Å². The highest BCUT2D eigenvalue weighted by atomic mass is 16.6. The van der Waals surface area contributed by atoms with Crippen molar-refractivity contribution < 1.29 is 19.1 Å². The van der Waals surface area contributed by atoms with E-state index >= 15 is 0 Å². The molecular weight excluding hydrogens is 430 g/mol. The van der Waals surface area contributed by atoms with Gasteiger partial charge in [-0.2, -0.15) is 0 Å². The number of fused-ring (bicyclic) bond motifs is 1. The van der Waals surface area contributed by atoms with E-state index in [1.807, 2.05) is 73.5 Å². The van der Waals surface area contributed by atoms with E-state index in [0.717, 1.165) is 11.3 Å². The number of likely N-dealkylation sites (N-methyl/N-ethyl adjacent to an activating group) is 1. The molecule has 2 unspecified atom stereocenters. The molecule has 0 fully saturated rings. The summed E-state index contributed by atoms with van der Waals surface area (Å²) in [7, 11) is 1.85. The Kier molecular flexibility index (Phi) is 7.44. The maximum atomic E-state index is 12.9. The van der Waals surface area contributed by atoms with Crippen LogP contribution >= 0.6 is 0 Å². The number of amides is 2. The van der Waals surface area contributed by atoms with Gasteiger partial charge in [-0.3, -0.25) is 14.5 Å². The van der Waals surface area contributed by atoms with E-state index in [1.165, 1.54) is 0 Å². The zero-order valence-corrected chi connectivity index (χ0v) is 19.4. The fourth-order valence-corrected chi connectivity index (χ4v) is 3.89. The summed E-state index contributed by atoms with van der Waals surface area (Å²) in [5, 5.41) is 5.87. The monoisotopic (exact) mass is 459 g/mol. The van der Waals surface area contributed by atoms with Gasteiger partial charge in [-0.1, -0.05) is 54.6 Å². The normalized spacial score (nSPS) is 15.4. The van der Waals surface area contributed by atoms with Crippen molar-refractivity contribution in [3.05, 3.63) is 90.0 Å². The molecular formula is C27H29N3O4. The first-order valence-electron chi connectivity index (χ1n) is 11.3. The molecule has 1 heterocycles. The van der Waals surface area contributed by atoms with Crippen molar-refractivity contribution in [2.24, 2.45) is 0 Å². The van der Waals surface area contributed by atoms with Gasteiger partial charge < -0.3 is 20.1 Å². The second kappa shape index (κ2) is 10.9. The molecule has 0 spiro atoms. The predicted molar refractivity (Wildman–Crippen MR) is 131 cm³/mol. The maximum absolute atomic E-state index is 12.9. The van der Waals surface area contributed by atoms with Crippen LogP contribution in [-0.4, -0.2) is 49.6 Å². The SMILES string of the molecule is CC(NC(=O)c1ccccc1NC(=O)CN(C)CC1COc2ccccc2O1)c1ccccc1. The third-order valence-electron chi connectivity index (χ3n) is 5.59. The molecule has 0 saturated carbocycles. The molecule has 2 N–H and O–H groups in total. The molecule has 1 aliphatic rings. The van der Waals surface area contributed by atoms with Crippen LogP contribution in [0.4, 0.5) is 5.69 Å². The van der Waals surface area contributed by atoms with Gasteiger partial charge in [0.1, 0.15) is 12.7 Å². The van der Waals surface area contributed by atoms with Crippen molar-refractivity contribution in [1.82, 2.24) is 10.2 Å².